The number of hydrogen-bond acceptors (Lipinski definition) is 2. The van der Waals surface area contributed by atoms with Gasteiger partial charge >= 0.3 is 0 Å². The Bertz CT molecular complexity index is 649. The minimum atomic E-state index is 0.143. The zero-order valence-corrected chi connectivity index (χ0v) is 11.4. The summed E-state index contributed by atoms with van der Waals surface area (Å²) in [5.74, 6) is 0.143. The minimum Gasteiger partial charge on any atom is -0.294 e. The second-order valence-electron chi connectivity index (χ2n) is 4.45. The van der Waals surface area contributed by atoms with Crippen molar-refractivity contribution in [2.24, 2.45) is 0 Å². The van der Waals surface area contributed by atoms with Gasteiger partial charge in [-0.2, -0.15) is 0 Å². The number of halogens is 1. The van der Waals surface area contributed by atoms with E-state index in [9.17, 15) is 4.79 Å². The van der Waals surface area contributed by atoms with E-state index in [1.807, 2.05) is 19.1 Å². The van der Waals surface area contributed by atoms with Gasteiger partial charge in [0.15, 0.2) is 5.78 Å². The molecular formula is C15H11ClOS. The lowest BCUT2D eigenvalue weighted by molar-refractivity contribution is 0.0990. The van der Waals surface area contributed by atoms with Crippen LogP contribution in [-0.4, -0.2) is 5.78 Å². The van der Waals surface area contributed by atoms with Crippen molar-refractivity contribution in [2.45, 2.75) is 23.1 Å². The monoisotopic (exact) mass is 274 g/mol. The molecule has 0 N–H and O–H groups in total. The van der Waals surface area contributed by atoms with E-state index in [0.717, 1.165) is 20.9 Å². The molecule has 0 amide bonds. The molecule has 0 aliphatic carbocycles. The van der Waals surface area contributed by atoms with E-state index >= 15 is 0 Å². The highest BCUT2D eigenvalue weighted by Crippen LogP contribution is 2.38. The smallest absolute Gasteiger partial charge is 0.168 e. The average Bonchev–Trinajstić information content (AvgIpc) is 2.46. The van der Waals surface area contributed by atoms with Gasteiger partial charge in [0, 0.05) is 26.8 Å². The van der Waals surface area contributed by atoms with Crippen molar-refractivity contribution in [1.29, 1.82) is 0 Å². The molecule has 0 unspecified atom stereocenters. The highest BCUT2D eigenvalue weighted by molar-refractivity contribution is 7.99. The van der Waals surface area contributed by atoms with Crippen molar-refractivity contribution in [3.05, 3.63) is 58.1 Å². The first-order valence-electron chi connectivity index (χ1n) is 5.73. The molecule has 1 aliphatic heterocycles. The van der Waals surface area contributed by atoms with Crippen LogP contribution in [0.2, 0.25) is 5.02 Å². The van der Waals surface area contributed by atoms with Gasteiger partial charge in [-0.3, -0.25) is 4.79 Å². The predicted octanol–water partition coefficient (Wildman–Crippen LogP) is 4.54. The van der Waals surface area contributed by atoms with E-state index in [4.69, 9.17) is 11.6 Å². The van der Waals surface area contributed by atoms with E-state index in [1.165, 1.54) is 5.56 Å². The largest absolute Gasteiger partial charge is 0.294 e. The molecule has 0 spiro atoms. The second kappa shape index (κ2) is 4.45. The summed E-state index contributed by atoms with van der Waals surface area (Å²) in [4.78, 5) is 14.4. The molecule has 2 aromatic carbocycles. The summed E-state index contributed by atoms with van der Waals surface area (Å²) in [5, 5.41) is 0.616. The van der Waals surface area contributed by atoms with Crippen molar-refractivity contribution >= 4 is 29.1 Å². The lowest BCUT2D eigenvalue weighted by Crippen LogP contribution is -2.03. The fourth-order valence-electron chi connectivity index (χ4n) is 2.14. The molecule has 1 aliphatic rings. The summed E-state index contributed by atoms with van der Waals surface area (Å²) < 4.78 is 0. The SMILES string of the molecule is Cc1ccc2c(c1)CC(=O)c1cc(Cl)ccc1S2. The maximum atomic E-state index is 12.3. The zero-order valence-electron chi connectivity index (χ0n) is 9.87. The van der Waals surface area contributed by atoms with Crippen LogP contribution in [0.15, 0.2) is 46.2 Å². The Morgan fingerprint density at radius 1 is 1.11 bits per heavy atom. The number of Topliss-reactive ketones (excluding diaryl/α,β-unsaturated/α-hetero) is 1. The number of rotatable bonds is 0. The van der Waals surface area contributed by atoms with Gasteiger partial charge in [-0.05, 0) is 36.8 Å². The summed E-state index contributed by atoms with van der Waals surface area (Å²) in [5.41, 5.74) is 3.03. The number of carbonyl (C=O) groups excluding carboxylic acids is 1. The van der Waals surface area contributed by atoms with Crippen molar-refractivity contribution in [3.63, 3.8) is 0 Å². The molecule has 1 heterocycles. The summed E-state index contributed by atoms with van der Waals surface area (Å²) in [6, 6.07) is 11.8. The second-order valence-corrected chi connectivity index (χ2v) is 5.97. The lowest BCUT2D eigenvalue weighted by Gasteiger charge is -2.05. The Kier molecular flexibility index (Phi) is 2.92. The van der Waals surface area contributed by atoms with E-state index in [1.54, 1.807) is 17.8 Å². The Morgan fingerprint density at radius 2 is 1.89 bits per heavy atom. The molecule has 0 radical (unpaired) electrons. The van der Waals surface area contributed by atoms with Gasteiger partial charge in [0.2, 0.25) is 0 Å². The predicted molar refractivity (Wildman–Crippen MR) is 74.8 cm³/mol. The maximum absolute atomic E-state index is 12.3. The van der Waals surface area contributed by atoms with Crippen molar-refractivity contribution in [3.8, 4) is 0 Å². The molecule has 0 atom stereocenters. The van der Waals surface area contributed by atoms with Gasteiger partial charge in [0.05, 0.1) is 0 Å². The van der Waals surface area contributed by atoms with Crippen LogP contribution < -0.4 is 0 Å². The highest BCUT2D eigenvalue weighted by atomic mass is 35.5. The third-order valence-electron chi connectivity index (χ3n) is 3.03. The van der Waals surface area contributed by atoms with Gasteiger partial charge < -0.3 is 0 Å². The Labute approximate surface area is 115 Å². The molecule has 90 valence electrons. The number of benzene rings is 2. The van der Waals surface area contributed by atoms with Crippen LogP contribution in [0.1, 0.15) is 21.5 Å². The van der Waals surface area contributed by atoms with Gasteiger partial charge in [0.1, 0.15) is 0 Å². The fraction of sp³-hybridized carbons (Fsp3) is 0.133. The lowest BCUT2D eigenvalue weighted by atomic mass is 10.0. The van der Waals surface area contributed by atoms with Crippen molar-refractivity contribution in [1.82, 2.24) is 0 Å². The molecule has 0 saturated carbocycles. The fourth-order valence-corrected chi connectivity index (χ4v) is 3.37. The van der Waals surface area contributed by atoms with Gasteiger partial charge in [0.25, 0.3) is 0 Å². The van der Waals surface area contributed by atoms with Gasteiger partial charge in [-0.1, -0.05) is 41.1 Å². The van der Waals surface area contributed by atoms with Crippen LogP contribution in [0.5, 0.6) is 0 Å². The highest BCUT2D eigenvalue weighted by Gasteiger charge is 2.20. The normalized spacial score (nSPS) is 13.8. The third-order valence-corrected chi connectivity index (χ3v) is 4.46. The molecule has 0 bridgehead atoms. The number of ketones is 1. The van der Waals surface area contributed by atoms with Crippen LogP contribution in [0, 0.1) is 6.92 Å². The van der Waals surface area contributed by atoms with Crippen LogP contribution in [0.4, 0.5) is 0 Å². The van der Waals surface area contributed by atoms with Crippen molar-refractivity contribution in [2.75, 3.05) is 0 Å². The van der Waals surface area contributed by atoms with Crippen molar-refractivity contribution < 1.29 is 4.79 Å². The molecule has 0 saturated heterocycles. The molecule has 1 nitrogen and oxygen atoms in total. The number of hydrogen-bond donors (Lipinski definition) is 0. The number of fused-ring (bicyclic) bond motifs is 2. The third kappa shape index (κ3) is 2.06. The molecule has 0 fully saturated rings. The summed E-state index contributed by atoms with van der Waals surface area (Å²) in [6.07, 6.45) is 0.456. The zero-order chi connectivity index (χ0) is 12.7. The Hall–Kier alpha value is -1.25. The molecule has 2 aromatic rings. The summed E-state index contributed by atoms with van der Waals surface area (Å²) >= 11 is 7.62. The van der Waals surface area contributed by atoms with Gasteiger partial charge in [-0.15, -0.1) is 0 Å². The average molecular weight is 275 g/mol. The minimum absolute atomic E-state index is 0.143. The summed E-state index contributed by atoms with van der Waals surface area (Å²) in [6.45, 7) is 2.05. The molecule has 18 heavy (non-hydrogen) atoms. The van der Waals surface area contributed by atoms with Crippen LogP contribution in [0.25, 0.3) is 0 Å². The molecule has 3 rings (SSSR count). The van der Waals surface area contributed by atoms with E-state index in [0.29, 0.717) is 11.4 Å². The first-order chi connectivity index (χ1) is 8.63. The van der Waals surface area contributed by atoms with E-state index in [-0.39, 0.29) is 5.78 Å². The van der Waals surface area contributed by atoms with Crippen LogP contribution in [-0.2, 0) is 6.42 Å². The Morgan fingerprint density at radius 3 is 2.72 bits per heavy atom. The molecule has 3 heteroatoms. The molecular weight excluding hydrogens is 264 g/mol. The van der Waals surface area contributed by atoms with E-state index in [2.05, 4.69) is 18.2 Å². The Balaban J connectivity index is 2.16. The van der Waals surface area contributed by atoms with Crippen LogP contribution in [0.3, 0.4) is 0 Å². The quantitative estimate of drug-likeness (QED) is 0.702. The van der Waals surface area contributed by atoms with E-state index < -0.39 is 0 Å². The van der Waals surface area contributed by atoms with Gasteiger partial charge in [-0.25, -0.2) is 0 Å². The first-order valence-corrected chi connectivity index (χ1v) is 6.93. The number of aryl methyl sites for hydroxylation is 1. The standard InChI is InChI=1S/C15H11ClOS/c1-9-2-4-14-10(6-9)7-13(17)12-8-11(16)3-5-15(12)18-14/h2-6,8H,7H2,1H3. The topological polar surface area (TPSA) is 17.1 Å². The first kappa shape index (κ1) is 11.8. The number of carbonyl (C=O) groups is 1. The molecule has 0 aromatic heterocycles. The maximum Gasteiger partial charge on any atom is 0.168 e. The summed E-state index contributed by atoms with van der Waals surface area (Å²) in [7, 11) is 0. The van der Waals surface area contributed by atoms with Crippen LogP contribution >= 0.6 is 23.4 Å².